The summed E-state index contributed by atoms with van der Waals surface area (Å²) in [5.74, 6) is 0.109. The maximum absolute atomic E-state index is 12.8. The molecule has 4 rings (SSSR count). The monoisotopic (exact) mass is 402 g/mol. The molecule has 1 saturated carbocycles. The molecular weight excluding hydrogens is 380 g/mol. The van der Waals surface area contributed by atoms with E-state index in [1.807, 2.05) is 11.9 Å². The Morgan fingerprint density at radius 2 is 2.11 bits per heavy atom. The van der Waals surface area contributed by atoms with Gasteiger partial charge in [0, 0.05) is 13.6 Å². The van der Waals surface area contributed by atoms with Crippen LogP contribution in [0.3, 0.4) is 0 Å². The van der Waals surface area contributed by atoms with Gasteiger partial charge in [0.15, 0.2) is 5.82 Å². The second-order valence-corrected chi connectivity index (χ2v) is 7.92. The van der Waals surface area contributed by atoms with Crippen molar-refractivity contribution in [2.75, 3.05) is 28.8 Å². The molecule has 1 aliphatic heterocycles. The summed E-state index contributed by atoms with van der Waals surface area (Å²) in [4.78, 5) is 34.8. The number of carbonyl (C=O) groups is 2. The molecule has 0 bridgehead atoms. The van der Waals surface area contributed by atoms with Gasteiger partial charge in [-0.3, -0.25) is 9.91 Å². The smallest absolute Gasteiger partial charge is 0.345 e. The predicted molar refractivity (Wildman–Crippen MR) is 108 cm³/mol. The second-order valence-electron chi connectivity index (χ2n) is 6.84. The van der Waals surface area contributed by atoms with Crippen LogP contribution in [-0.4, -0.2) is 51.7 Å². The van der Waals surface area contributed by atoms with Crippen LogP contribution in [0.1, 0.15) is 42.3 Å². The number of amides is 2. The molecule has 3 heterocycles. The van der Waals surface area contributed by atoms with Crippen LogP contribution in [-0.2, 0) is 0 Å². The number of fused-ring (bicyclic) bond motifs is 1. The zero-order chi connectivity index (χ0) is 19.8. The van der Waals surface area contributed by atoms with Crippen molar-refractivity contribution in [2.45, 2.75) is 38.6 Å². The number of thiophene rings is 1. The van der Waals surface area contributed by atoms with Crippen LogP contribution < -0.4 is 15.2 Å². The molecule has 9 nitrogen and oxygen atoms in total. The van der Waals surface area contributed by atoms with Crippen LogP contribution in [0.15, 0.2) is 18.3 Å². The van der Waals surface area contributed by atoms with Gasteiger partial charge in [0.05, 0.1) is 17.2 Å². The third-order valence-electron chi connectivity index (χ3n) is 5.12. The molecule has 0 spiro atoms. The summed E-state index contributed by atoms with van der Waals surface area (Å²) in [6, 6.07) is 3.39. The standard InChI is InChI=1S/C18H22N6O3S/c1-3-23-18(27)22(2)12-10-19-17(20-14-9-8-13(28-14)16(25)26)21-15(12)24(23)11-6-4-5-7-11/h8-11H,3-7H2,1-2H3,(H,25,26)(H,19,20,21). The molecule has 2 aromatic heterocycles. The number of carboxylic acid groups (broad SMARTS) is 1. The van der Waals surface area contributed by atoms with E-state index in [0.29, 0.717) is 29.0 Å². The highest BCUT2D eigenvalue weighted by molar-refractivity contribution is 7.17. The molecule has 2 aliphatic rings. The van der Waals surface area contributed by atoms with E-state index in [1.54, 1.807) is 35.3 Å². The van der Waals surface area contributed by atoms with Crippen molar-refractivity contribution < 1.29 is 14.7 Å². The summed E-state index contributed by atoms with van der Waals surface area (Å²) in [6.45, 7) is 2.51. The first-order valence-electron chi connectivity index (χ1n) is 9.31. The molecule has 148 valence electrons. The van der Waals surface area contributed by atoms with E-state index in [1.165, 1.54) is 0 Å². The van der Waals surface area contributed by atoms with Gasteiger partial charge in [0.2, 0.25) is 5.95 Å². The Kier molecular flexibility index (Phi) is 4.80. The number of nitrogens with one attached hydrogen (secondary N) is 1. The number of anilines is 4. The highest BCUT2D eigenvalue weighted by Crippen LogP contribution is 2.39. The van der Waals surface area contributed by atoms with Gasteiger partial charge in [-0.1, -0.05) is 12.8 Å². The van der Waals surface area contributed by atoms with E-state index in [0.717, 1.165) is 37.0 Å². The quantitative estimate of drug-likeness (QED) is 0.789. The fraction of sp³-hybridized carbons (Fsp3) is 0.444. The highest BCUT2D eigenvalue weighted by Gasteiger charge is 2.39. The molecule has 0 saturated heterocycles. The minimum Gasteiger partial charge on any atom is -0.477 e. The van der Waals surface area contributed by atoms with Crippen molar-refractivity contribution in [3.63, 3.8) is 0 Å². The lowest BCUT2D eigenvalue weighted by molar-refractivity contribution is 0.0702. The Labute approximate surface area is 166 Å². The first-order chi connectivity index (χ1) is 13.5. The minimum absolute atomic E-state index is 0.0874. The van der Waals surface area contributed by atoms with Gasteiger partial charge in [0.25, 0.3) is 0 Å². The maximum atomic E-state index is 12.8. The summed E-state index contributed by atoms with van der Waals surface area (Å²) in [5.41, 5.74) is 0.671. The Hall–Kier alpha value is -2.88. The Morgan fingerprint density at radius 1 is 1.36 bits per heavy atom. The zero-order valence-corrected chi connectivity index (χ0v) is 16.6. The predicted octanol–water partition coefficient (Wildman–Crippen LogP) is 3.54. The molecule has 1 fully saturated rings. The van der Waals surface area contributed by atoms with Crippen LogP contribution in [0, 0.1) is 0 Å². The average Bonchev–Trinajstić information content (AvgIpc) is 3.36. The van der Waals surface area contributed by atoms with Crippen molar-refractivity contribution in [3.05, 3.63) is 23.2 Å². The molecule has 0 aromatic carbocycles. The highest BCUT2D eigenvalue weighted by atomic mass is 32.1. The van der Waals surface area contributed by atoms with Crippen molar-refractivity contribution >= 4 is 45.8 Å². The third kappa shape index (κ3) is 3.13. The van der Waals surface area contributed by atoms with E-state index >= 15 is 0 Å². The molecule has 0 atom stereocenters. The Balaban J connectivity index is 1.70. The lowest BCUT2D eigenvalue weighted by Crippen LogP contribution is -2.59. The molecule has 2 amide bonds. The summed E-state index contributed by atoms with van der Waals surface area (Å²) in [6.07, 6.45) is 5.96. The lowest BCUT2D eigenvalue weighted by Gasteiger charge is -2.45. The summed E-state index contributed by atoms with van der Waals surface area (Å²) in [7, 11) is 1.73. The van der Waals surface area contributed by atoms with E-state index in [4.69, 9.17) is 10.1 Å². The molecular formula is C18H22N6O3S. The minimum atomic E-state index is -0.962. The van der Waals surface area contributed by atoms with Crippen LogP contribution in [0.5, 0.6) is 0 Å². The average molecular weight is 402 g/mol. The van der Waals surface area contributed by atoms with E-state index in [-0.39, 0.29) is 17.0 Å². The van der Waals surface area contributed by atoms with Crippen LogP contribution in [0.25, 0.3) is 0 Å². The van der Waals surface area contributed by atoms with Gasteiger partial charge < -0.3 is 10.4 Å². The maximum Gasteiger partial charge on any atom is 0.345 e. The van der Waals surface area contributed by atoms with Crippen molar-refractivity contribution in [3.8, 4) is 0 Å². The number of hydrogen-bond acceptors (Lipinski definition) is 7. The van der Waals surface area contributed by atoms with Gasteiger partial charge >= 0.3 is 12.0 Å². The number of nitrogens with zero attached hydrogens (tertiary/aromatic N) is 5. The lowest BCUT2D eigenvalue weighted by atomic mass is 10.2. The van der Waals surface area contributed by atoms with Crippen molar-refractivity contribution in [2.24, 2.45) is 0 Å². The topological polar surface area (TPSA) is 102 Å². The fourth-order valence-electron chi connectivity index (χ4n) is 3.75. The van der Waals surface area contributed by atoms with Gasteiger partial charge in [-0.2, -0.15) is 4.98 Å². The van der Waals surface area contributed by atoms with Crippen molar-refractivity contribution in [1.29, 1.82) is 0 Å². The van der Waals surface area contributed by atoms with Gasteiger partial charge in [-0.05, 0) is 31.9 Å². The molecule has 10 heteroatoms. The van der Waals surface area contributed by atoms with E-state index in [9.17, 15) is 9.59 Å². The molecule has 28 heavy (non-hydrogen) atoms. The first-order valence-corrected chi connectivity index (χ1v) is 10.1. The number of aromatic carboxylic acids is 1. The molecule has 2 aromatic rings. The molecule has 1 aliphatic carbocycles. The number of hydrazine groups is 1. The second kappa shape index (κ2) is 7.27. The molecule has 2 N–H and O–H groups in total. The van der Waals surface area contributed by atoms with E-state index < -0.39 is 5.97 Å². The summed E-state index contributed by atoms with van der Waals surface area (Å²) in [5, 5.41) is 16.6. The van der Waals surface area contributed by atoms with Gasteiger partial charge in [-0.25, -0.2) is 19.6 Å². The number of rotatable bonds is 5. The van der Waals surface area contributed by atoms with Crippen LogP contribution >= 0.6 is 11.3 Å². The third-order valence-corrected chi connectivity index (χ3v) is 6.11. The fourth-order valence-corrected chi connectivity index (χ4v) is 4.49. The molecule has 0 radical (unpaired) electrons. The van der Waals surface area contributed by atoms with Gasteiger partial charge in [-0.15, -0.1) is 11.3 Å². The Bertz CT molecular complexity index is 910. The molecule has 0 unspecified atom stereocenters. The van der Waals surface area contributed by atoms with Crippen molar-refractivity contribution in [1.82, 2.24) is 15.0 Å². The number of urea groups is 1. The van der Waals surface area contributed by atoms with Crippen LogP contribution in [0.2, 0.25) is 0 Å². The number of carboxylic acids is 1. The first kappa shape index (κ1) is 18.5. The van der Waals surface area contributed by atoms with Crippen LogP contribution in [0.4, 0.5) is 27.2 Å². The SMILES string of the molecule is CCN1C(=O)N(C)c2cnc(Nc3ccc(C(=O)O)s3)nc2N1C1CCCC1. The number of carbonyl (C=O) groups excluding carboxylic acids is 1. The number of hydrogen-bond donors (Lipinski definition) is 2. The Morgan fingerprint density at radius 3 is 2.75 bits per heavy atom. The normalized spacial score (nSPS) is 17.2. The largest absolute Gasteiger partial charge is 0.477 e. The van der Waals surface area contributed by atoms with E-state index in [2.05, 4.69) is 10.3 Å². The van der Waals surface area contributed by atoms with Gasteiger partial charge in [0.1, 0.15) is 10.6 Å². The summed E-state index contributed by atoms with van der Waals surface area (Å²) < 4.78 is 0. The summed E-state index contributed by atoms with van der Waals surface area (Å²) >= 11 is 1.13. The number of aromatic nitrogens is 2. The zero-order valence-electron chi connectivity index (χ0n) is 15.8.